The van der Waals surface area contributed by atoms with Crippen molar-refractivity contribution < 1.29 is 5.11 Å². The number of nitrogens with zero attached hydrogens (tertiary/aromatic N) is 2. The first-order chi connectivity index (χ1) is 7.10. The van der Waals surface area contributed by atoms with Gasteiger partial charge < -0.3 is 15.0 Å². The minimum Gasteiger partial charge on any atom is -0.395 e. The van der Waals surface area contributed by atoms with Gasteiger partial charge in [0.25, 0.3) is 0 Å². The lowest BCUT2D eigenvalue weighted by Gasteiger charge is -2.14. The van der Waals surface area contributed by atoms with Crippen LogP contribution in [0.2, 0.25) is 10.4 Å². The molecule has 6 heteroatoms. The first kappa shape index (κ1) is 12.8. The number of rotatable bonds is 5. The summed E-state index contributed by atoms with van der Waals surface area (Å²) >= 11 is 11.7. The van der Waals surface area contributed by atoms with Crippen LogP contribution in [-0.4, -0.2) is 27.3 Å². The first-order valence-corrected chi connectivity index (χ1v) is 5.56. The van der Waals surface area contributed by atoms with Gasteiger partial charge in [0.05, 0.1) is 12.3 Å². The highest BCUT2D eigenvalue weighted by Crippen LogP contribution is 2.19. The second-order valence-electron chi connectivity index (χ2n) is 3.35. The van der Waals surface area contributed by atoms with E-state index in [-0.39, 0.29) is 12.6 Å². The fourth-order valence-electron chi connectivity index (χ4n) is 1.24. The lowest BCUT2D eigenvalue weighted by atomic mass is 10.2. The lowest BCUT2D eigenvalue weighted by molar-refractivity contribution is 0.237. The molecule has 1 atom stereocenters. The molecule has 0 bridgehead atoms. The molecule has 0 amide bonds. The first-order valence-electron chi connectivity index (χ1n) is 4.81. The van der Waals surface area contributed by atoms with Crippen molar-refractivity contribution in [1.82, 2.24) is 14.9 Å². The number of aliphatic hydroxyl groups is 1. The highest BCUT2D eigenvalue weighted by atomic mass is 35.5. The summed E-state index contributed by atoms with van der Waals surface area (Å²) in [5, 5.41) is 13.0. The highest BCUT2D eigenvalue weighted by Gasteiger charge is 2.12. The molecule has 86 valence electrons. The summed E-state index contributed by atoms with van der Waals surface area (Å²) < 4.78 is 1.72. The zero-order valence-corrected chi connectivity index (χ0v) is 10.3. The Morgan fingerprint density at radius 1 is 1.53 bits per heavy atom. The van der Waals surface area contributed by atoms with E-state index in [1.54, 1.807) is 11.6 Å². The number of halogens is 2. The number of hydrogen-bond donors (Lipinski definition) is 2. The molecular formula is C9H15Cl2N3O. The molecule has 1 rings (SSSR count). The van der Waals surface area contributed by atoms with Crippen molar-refractivity contribution in [2.45, 2.75) is 25.9 Å². The van der Waals surface area contributed by atoms with Crippen LogP contribution in [0.1, 0.15) is 19.0 Å². The predicted octanol–water partition coefficient (Wildman–Crippen LogP) is 1.59. The van der Waals surface area contributed by atoms with E-state index in [4.69, 9.17) is 28.3 Å². The Bertz CT molecular complexity index is 323. The third-order valence-electron chi connectivity index (χ3n) is 2.38. The summed E-state index contributed by atoms with van der Waals surface area (Å²) in [6.07, 6.45) is 0.861. The van der Waals surface area contributed by atoms with Gasteiger partial charge in [-0.15, -0.1) is 0 Å². The molecule has 15 heavy (non-hydrogen) atoms. The van der Waals surface area contributed by atoms with E-state index in [0.29, 0.717) is 17.0 Å². The molecule has 0 aliphatic rings. The Kier molecular flexibility index (Phi) is 4.86. The second kappa shape index (κ2) is 5.70. The van der Waals surface area contributed by atoms with E-state index in [2.05, 4.69) is 10.3 Å². The van der Waals surface area contributed by atoms with Crippen LogP contribution in [0.15, 0.2) is 0 Å². The molecule has 0 unspecified atom stereocenters. The van der Waals surface area contributed by atoms with Gasteiger partial charge in [-0.2, -0.15) is 0 Å². The Morgan fingerprint density at radius 3 is 2.60 bits per heavy atom. The Balaban J connectivity index is 2.64. The van der Waals surface area contributed by atoms with Gasteiger partial charge in [0.15, 0.2) is 5.15 Å². The number of imidazole rings is 1. The molecule has 0 radical (unpaired) electrons. The predicted molar refractivity (Wildman–Crippen MR) is 61.2 cm³/mol. The number of aromatic nitrogens is 2. The van der Waals surface area contributed by atoms with Crippen molar-refractivity contribution in [2.24, 2.45) is 7.05 Å². The minimum atomic E-state index is 0.0785. The number of nitrogens with one attached hydrogen (secondary N) is 1. The monoisotopic (exact) mass is 251 g/mol. The SMILES string of the molecule is CC[C@H](CO)NCc1c(Cl)nc(Cl)n1C. The Hall–Kier alpha value is -0.290. The van der Waals surface area contributed by atoms with E-state index >= 15 is 0 Å². The van der Waals surface area contributed by atoms with Crippen LogP contribution < -0.4 is 5.32 Å². The van der Waals surface area contributed by atoms with Crippen LogP contribution in [0.3, 0.4) is 0 Å². The van der Waals surface area contributed by atoms with Crippen molar-refractivity contribution >= 4 is 23.2 Å². The van der Waals surface area contributed by atoms with Gasteiger partial charge in [0, 0.05) is 19.6 Å². The van der Waals surface area contributed by atoms with Crippen LogP contribution >= 0.6 is 23.2 Å². The highest BCUT2D eigenvalue weighted by molar-refractivity contribution is 6.32. The fraction of sp³-hybridized carbons (Fsp3) is 0.667. The van der Waals surface area contributed by atoms with Gasteiger partial charge in [-0.3, -0.25) is 0 Å². The van der Waals surface area contributed by atoms with E-state index in [0.717, 1.165) is 12.1 Å². The summed E-state index contributed by atoms with van der Waals surface area (Å²) in [6, 6.07) is 0.0785. The third kappa shape index (κ3) is 3.08. The lowest BCUT2D eigenvalue weighted by Crippen LogP contribution is -2.31. The largest absolute Gasteiger partial charge is 0.395 e. The quantitative estimate of drug-likeness (QED) is 0.836. The van der Waals surface area contributed by atoms with Gasteiger partial charge in [0.1, 0.15) is 0 Å². The zero-order valence-electron chi connectivity index (χ0n) is 8.80. The Morgan fingerprint density at radius 2 is 2.20 bits per heavy atom. The molecule has 0 saturated carbocycles. The molecule has 0 aromatic carbocycles. The standard InChI is InChI=1S/C9H15Cl2N3O/c1-3-6(5-15)12-4-7-8(10)13-9(11)14(7)2/h6,12,15H,3-5H2,1-2H3/t6-/m1/s1. The molecule has 4 nitrogen and oxygen atoms in total. The van der Waals surface area contributed by atoms with Crippen molar-refractivity contribution in [3.05, 3.63) is 16.1 Å². The second-order valence-corrected chi connectivity index (χ2v) is 4.04. The summed E-state index contributed by atoms with van der Waals surface area (Å²) in [5.41, 5.74) is 0.827. The number of aliphatic hydroxyl groups excluding tert-OH is 1. The molecule has 0 fully saturated rings. The maximum absolute atomic E-state index is 9.00. The van der Waals surface area contributed by atoms with Crippen molar-refractivity contribution in [3.63, 3.8) is 0 Å². The van der Waals surface area contributed by atoms with Crippen LogP contribution in [0.5, 0.6) is 0 Å². The van der Waals surface area contributed by atoms with Crippen LogP contribution in [0.25, 0.3) is 0 Å². The van der Waals surface area contributed by atoms with E-state index < -0.39 is 0 Å². The van der Waals surface area contributed by atoms with E-state index in [1.165, 1.54) is 0 Å². The molecule has 0 saturated heterocycles. The fourth-order valence-corrected chi connectivity index (χ4v) is 1.74. The molecule has 1 heterocycles. The minimum absolute atomic E-state index is 0.0785. The van der Waals surface area contributed by atoms with E-state index in [1.807, 2.05) is 6.92 Å². The van der Waals surface area contributed by atoms with Crippen LogP contribution in [0.4, 0.5) is 0 Å². The molecular weight excluding hydrogens is 237 g/mol. The van der Waals surface area contributed by atoms with Gasteiger partial charge >= 0.3 is 0 Å². The summed E-state index contributed by atoms with van der Waals surface area (Å²) in [4.78, 5) is 3.93. The topological polar surface area (TPSA) is 50.1 Å². The van der Waals surface area contributed by atoms with Crippen molar-refractivity contribution in [2.75, 3.05) is 6.61 Å². The van der Waals surface area contributed by atoms with E-state index in [9.17, 15) is 0 Å². The third-order valence-corrected chi connectivity index (χ3v) is 3.02. The van der Waals surface area contributed by atoms with Gasteiger partial charge in [-0.05, 0) is 18.0 Å². The molecule has 0 aliphatic heterocycles. The molecule has 0 aliphatic carbocycles. The van der Waals surface area contributed by atoms with Crippen molar-refractivity contribution in [1.29, 1.82) is 0 Å². The van der Waals surface area contributed by atoms with Gasteiger partial charge in [-0.1, -0.05) is 18.5 Å². The summed E-state index contributed by atoms with van der Waals surface area (Å²) in [7, 11) is 1.80. The molecule has 1 aromatic heterocycles. The Labute approximate surface area is 99.2 Å². The maximum Gasteiger partial charge on any atom is 0.204 e. The van der Waals surface area contributed by atoms with Gasteiger partial charge in [-0.25, -0.2) is 4.98 Å². The average Bonchev–Trinajstić information content (AvgIpc) is 2.45. The summed E-state index contributed by atoms with van der Waals surface area (Å²) in [5.74, 6) is 0. The summed E-state index contributed by atoms with van der Waals surface area (Å²) in [6.45, 7) is 2.67. The normalized spacial score (nSPS) is 13.1. The van der Waals surface area contributed by atoms with Crippen LogP contribution in [0, 0.1) is 0 Å². The molecule has 2 N–H and O–H groups in total. The van der Waals surface area contributed by atoms with Crippen molar-refractivity contribution in [3.8, 4) is 0 Å². The average molecular weight is 252 g/mol. The maximum atomic E-state index is 9.00. The molecule has 0 spiro atoms. The number of hydrogen-bond acceptors (Lipinski definition) is 3. The van der Waals surface area contributed by atoms with Gasteiger partial charge in [0.2, 0.25) is 5.28 Å². The zero-order chi connectivity index (χ0) is 11.4. The molecule has 1 aromatic rings. The van der Waals surface area contributed by atoms with Crippen LogP contribution in [-0.2, 0) is 13.6 Å². The smallest absolute Gasteiger partial charge is 0.204 e.